The van der Waals surface area contributed by atoms with Gasteiger partial charge in [0.1, 0.15) is 6.26 Å². The van der Waals surface area contributed by atoms with Gasteiger partial charge in [0.15, 0.2) is 5.69 Å². The van der Waals surface area contributed by atoms with Crippen molar-refractivity contribution in [2.24, 2.45) is 5.92 Å². The van der Waals surface area contributed by atoms with E-state index in [9.17, 15) is 4.79 Å². The average molecular weight is 238 g/mol. The summed E-state index contributed by atoms with van der Waals surface area (Å²) in [5, 5.41) is 0. The van der Waals surface area contributed by atoms with E-state index >= 15 is 0 Å². The molecule has 1 fully saturated rings. The fourth-order valence-corrected chi connectivity index (χ4v) is 1.88. The summed E-state index contributed by atoms with van der Waals surface area (Å²) in [5.41, 5.74) is 0.238. The van der Waals surface area contributed by atoms with Gasteiger partial charge >= 0.3 is 5.97 Å². The third-order valence-corrected chi connectivity index (χ3v) is 3.06. The van der Waals surface area contributed by atoms with Gasteiger partial charge < -0.3 is 14.1 Å². The van der Waals surface area contributed by atoms with Gasteiger partial charge in [-0.2, -0.15) is 4.98 Å². The molecule has 0 aromatic carbocycles. The van der Waals surface area contributed by atoms with Crippen LogP contribution in [0.25, 0.3) is 0 Å². The van der Waals surface area contributed by atoms with Crippen LogP contribution in [-0.4, -0.2) is 31.2 Å². The van der Waals surface area contributed by atoms with Gasteiger partial charge in [-0.15, -0.1) is 0 Å². The zero-order chi connectivity index (χ0) is 12.3. The van der Waals surface area contributed by atoms with E-state index in [0.717, 1.165) is 12.5 Å². The van der Waals surface area contributed by atoms with E-state index < -0.39 is 5.97 Å². The molecule has 94 valence electrons. The van der Waals surface area contributed by atoms with Crippen LogP contribution in [-0.2, 0) is 4.74 Å². The molecule has 2 rings (SSSR count). The van der Waals surface area contributed by atoms with Crippen molar-refractivity contribution in [2.45, 2.75) is 26.2 Å². The van der Waals surface area contributed by atoms with Crippen LogP contribution in [0, 0.1) is 5.92 Å². The summed E-state index contributed by atoms with van der Waals surface area (Å²) in [6, 6.07) is 0.486. The molecule has 0 amide bonds. The smallest absolute Gasteiger partial charge is 0.360 e. The Labute approximate surface area is 101 Å². The van der Waals surface area contributed by atoms with Gasteiger partial charge in [-0.3, -0.25) is 0 Å². The summed E-state index contributed by atoms with van der Waals surface area (Å²) in [5.74, 6) is 0.303. The Morgan fingerprint density at radius 1 is 1.65 bits per heavy atom. The molecule has 0 atom stereocenters. The van der Waals surface area contributed by atoms with Crippen molar-refractivity contribution in [3.05, 3.63) is 12.0 Å². The minimum atomic E-state index is -0.431. The van der Waals surface area contributed by atoms with Gasteiger partial charge in [0.2, 0.25) is 0 Å². The number of nitrogens with zero attached hydrogens (tertiary/aromatic N) is 2. The molecule has 0 radical (unpaired) electrons. The zero-order valence-electron chi connectivity index (χ0n) is 10.3. The van der Waals surface area contributed by atoms with Crippen molar-refractivity contribution < 1.29 is 13.9 Å². The molecule has 17 heavy (non-hydrogen) atoms. The predicted molar refractivity (Wildman–Crippen MR) is 63.1 cm³/mol. The number of anilines is 1. The maximum atomic E-state index is 11.4. The lowest BCUT2D eigenvalue weighted by Crippen LogP contribution is -2.29. The molecule has 0 saturated heterocycles. The van der Waals surface area contributed by atoms with Gasteiger partial charge in [0.05, 0.1) is 6.61 Å². The van der Waals surface area contributed by atoms with Crippen LogP contribution >= 0.6 is 0 Å². The van der Waals surface area contributed by atoms with Crippen molar-refractivity contribution in [2.75, 3.05) is 25.1 Å². The quantitative estimate of drug-likeness (QED) is 0.735. The highest BCUT2D eigenvalue weighted by Crippen LogP contribution is 2.28. The van der Waals surface area contributed by atoms with Gasteiger partial charge in [-0.1, -0.05) is 6.42 Å². The monoisotopic (exact) mass is 238 g/mol. The van der Waals surface area contributed by atoms with Gasteiger partial charge in [-0.25, -0.2) is 4.79 Å². The number of aromatic nitrogens is 1. The third kappa shape index (κ3) is 2.78. The number of hydrogen-bond acceptors (Lipinski definition) is 5. The van der Waals surface area contributed by atoms with Crippen LogP contribution in [0.3, 0.4) is 0 Å². The van der Waals surface area contributed by atoms with E-state index in [4.69, 9.17) is 9.15 Å². The fourth-order valence-electron chi connectivity index (χ4n) is 1.88. The van der Waals surface area contributed by atoms with Gasteiger partial charge in [0, 0.05) is 13.6 Å². The molecule has 0 aliphatic heterocycles. The van der Waals surface area contributed by atoms with E-state index in [2.05, 4.69) is 4.98 Å². The normalized spacial score (nSPS) is 15.4. The largest absolute Gasteiger partial charge is 0.461 e. The first-order valence-electron chi connectivity index (χ1n) is 6.04. The van der Waals surface area contributed by atoms with Crippen molar-refractivity contribution in [1.29, 1.82) is 0 Å². The molecule has 1 aromatic heterocycles. The molecule has 0 N–H and O–H groups in total. The third-order valence-electron chi connectivity index (χ3n) is 3.06. The van der Waals surface area contributed by atoms with Crippen LogP contribution in [0.15, 0.2) is 10.7 Å². The standard InChI is InChI=1S/C12H18N2O3/c1-3-16-11(15)10-8-17-12(13-10)14(2)7-9-5-4-6-9/h8-9H,3-7H2,1-2H3. The van der Waals surface area contributed by atoms with Crippen molar-refractivity contribution in [3.63, 3.8) is 0 Å². The molecular weight excluding hydrogens is 220 g/mol. The summed E-state index contributed by atoms with van der Waals surface area (Å²) < 4.78 is 10.1. The van der Waals surface area contributed by atoms with Crippen LogP contribution in [0.5, 0.6) is 0 Å². The van der Waals surface area contributed by atoms with Crippen molar-refractivity contribution >= 4 is 12.0 Å². The van der Waals surface area contributed by atoms with E-state index in [0.29, 0.717) is 12.6 Å². The van der Waals surface area contributed by atoms with Crippen LogP contribution in [0.4, 0.5) is 6.01 Å². The maximum Gasteiger partial charge on any atom is 0.360 e. The molecule has 0 unspecified atom stereocenters. The molecule has 1 saturated carbocycles. The van der Waals surface area contributed by atoms with Gasteiger partial charge in [-0.05, 0) is 25.7 Å². The first-order chi connectivity index (χ1) is 8.20. The Bertz CT molecular complexity index is 385. The highest BCUT2D eigenvalue weighted by Gasteiger charge is 2.22. The molecular formula is C12H18N2O3. The number of ether oxygens (including phenoxy) is 1. The average Bonchev–Trinajstić information content (AvgIpc) is 2.72. The molecule has 0 spiro atoms. The molecule has 1 aromatic rings. The number of hydrogen-bond donors (Lipinski definition) is 0. The molecule has 5 heteroatoms. The summed E-state index contributed by atoms with van der Waals surface area (Å²) in [4.78, 5) is 17.5. The number of rotatable bonds is 5. The number of carbonyl (C=O) groups excluding carboxylic acids is 1. The molecule has 1 aliphatic carbocycles. The molecule has 1 heterocycles. The predicted octanol–water partition coefficient (Wildman–Crippen LogP) is 2.09. The summed E-state index contributed by atoms with van der Waals surface area (Å²) >= 11 is 0. The first-order valence-corrected chi connectivity index (χ1v) is 6.04. The van der Waals surface area contributed by atoms with Crippen LogP contribution in [0.1, 0.15) is 36.7 Å². The number of esters is 1. The summed E-state index contributed by atoms with van der Waals surface area (Å²) in [6.07, 6.45) is 5.22. The second kappa shape index (κ2) is 5.21. The lowest BCUT2D eigenvalue weighted by atomic mass is 9.85. The minimum absolute atomic E-state index is 0.238. The van der Waals surface area contributed by atoms with E-state index in [1.807, 2.05) is 11.9 Å². The Hall–Kier alpha value is -1.52. The van der Waals surface area contributed by atoms with E-state index in [1.165, 1.54) is 25.5 Å². The summed E-state index contributed by atoms with van der Waals surface area (Å²) in [6.45, 7) is 3.04. The second-order valence-electron chi connectivity index (χ2n) is 4.41. The number of carbonyl (C=O) groups is 1. The fraction of sp³-hybridized carbons (Fsp3) is 0.667. The molecule has 1 aliphatic rings. The van der Waals surface area contributed by atoms with Crippen LogP contribution < -0.4 is 4.90 Å². The second-order valence-corrected chi connectivity index (χ2v) is 4.41. The SMILES string of the molecule is CCOC(=O)c1coc(N(C)CC2CCC2)n1. The van der Waals surface area contributed by atoms with Gasteiger partial charge in [0.25, 0.3) is 6.01 Å². The molecule has 0 bridgehead atoms. The highest BCUT2D eigenvalue weighted by molar-refractivity contribution is 5.87. The topological polar surface area (TPSA) is 55.6 Å². The molecule has 5 nitrogen and oxygen atoms in total. The Morgan fingerprint density at radius 2 is 2.41 bits per heavy atom. The van der Waals surface area contributed by atoms with Crippen molar-refractivity contribution in [3.8, 4) is 0 Å². The summed E-state index contributed by atoms with van der Waals surface area (Å²) in [7, 11) is 1.93. The van der Waals surface area contributed by atoms with E-state index in [1.54, 1.807) is 6.92 Å². The number of oxazole rings is 1. The highest BCUT2D eigenvalue weighted by atomic mass is 16.5. The van der Waals surface area contributed by atoms with Crippen molar-refractivity contribution in [1.82, 2.24) is 4.98 Å². The van der Waals surface area contributed by atoms with E-state index in [-0.39, 0.29) is 5.69 Å². The van der Waals surface area contributed by atoms with Crippen LogP contribution in [0.2, 0.25) is 0 Å². The lowest BCUT2D eigenvalue weighted by Gasteiger charge is -2.29. The maximum absolute atomic E-state index is 11.4. The minimum Gasteiger partial charge on any atom is -0.461 e. The Morgan fingerprint density at radius 3 is 3.00 bits per heavy atom. The first kappa shape index (κ1) is 12.0. The Kier molecular flexibility index (Phi) is 3.66. The zero-order valence-corrected chi connectivity index (χ0v) is 10.3. The lowest BCUT2D eigenvalue weighted by molar-refractivity contribution is 0.0519. The Balaban J connectivity index is 1.94.